The number of para-hydroxylation sites is 1. The first-order valence-electron chi connectivity index (χ1n) is 8.65. The second-order valence-electron chi connectivity index (χ2n) is 6.07. The van der Waals surface area contributed by atoms with Crippen LogP contribution >= 0.6 is 11.6 Å². The molecule has 0 spiro atoms. The van der Waals surface area contributed by atoms with Crippen molar-refractivity contribution in [2.45, 2.75) is 11.8 Å². The summed E-state index contributed by atoms with van der Waals surface area (Å²) in [5.41, 5.74) is 2.52. The smallest absolute Gasteiger partial charge is 0.257 e. The molecule has 3 aromatic rings. The Morgan fingerprint density at radius 3 is 2.14 bits per heavy atom. The van der Waals surface area contributed by atoms with E-state index in [-0.39, 0.29) is 21.2 Å². The number of sulfone groups is 1. The standard InChI is InChI=1S/C21H19ClN2O3S/c1-2-28(26,27)18-12-13-20(22)19(14-18)21(25)24-17-10-8-16(9-11-17)23-15-6-4-3-5-7-15/h3-14,23H,2H2,1H3,(H,24,25). The minimum atomic E-state index is -3.43. The third kappa shape index (κ3) is 4.71. The maximum Gasteiger partial charge on any atom is 0.257 e. The van der Waals surface area contributed by atoms with Gasteiger partial charge in [0, 0.05) is 17.1 Å². The zero-order valence-electron chi connectivity index (χ0n) is 15.1. The van der Waals surface area contributed by atoms with Crippen molar-refractivity contribution < 1.29 is 13.2 Å². The van der Waals surface area contributed by atoms with Crippen LogP contribution in [0.1, 0.15) is 17.3 Å². The number of nitrogens with one attached hydrogen (secondary N) is 2. The molecule has 0 aliphatic rings. The number of hydrogen-bond donors (Lipinski definition) is 2. The molecule has 144 valence electrons. The lowest BCUT2D eigenvalue weighted by molar-refractivity contribution is 0.102. The maximum atomic E-state index is 12.6. The summed E-state index contributed by atoms with van der Waals surface area (Å²) in [4.78, 5) is 12.6. The van der Waals surface area contributed by atoms with E-state index in [1.807, 2.05) is 42.5 Å². The van der Waals surface area contributed by atoms with Gasteiger partial charge >= 0.3 is 0 Å². The fourth-order valence-corrected chi connectivity index (χ4v) is 3.67. The molecule has 0 bridgehead atoms. The molecule has 5 nitrogen and oxygen atoms in total. The molecule has 0 saturated heterocycles. The fourth-order valence-electron chi connectivity index (χ4n) is 2.56. The van der Waals surface area contributed by atoms with Crippen LogP contribution in [0.5, 0.6) is 0 Å². The molecular weight excluding hydrogens is 396 g/mol. The number of benzene rings is 3. The van der Waals surface area contributed by atoms with Gasteiger partial charge in [-0.1, -0.05) is 36.7 Å². The highest BCUT2D eigenvalue weighted by Gasteiger charge is 2.17. The molecule has 3 aromatic carbocycles. The predicted octanol–water partition coefficient (Wildman–Crippen LogP) is 5.13. The van der Waals surface area contributed by atoms with E-state index >= 15 is 0 Å². The van der Waals surface area contributed by atoms with E-state index in [9.17, 15) is 13.2 Å². The van der Waals surface area contributed by atoms with Crippen molar-refractivity contribution in [1.82, 2.24) is 0 Å². The molecule has 0 heterocycles. The summed E-state index contributed by atoms with van der Waals surface area (Å²) >= 11 is 6.10. The predicted molar refractivity (Wildman–Crippen MR) is 113 cm³/mol. The fraction of sp³-hybridized carbons (Fsp3) is 0.0952. The molecule has 2 N–H and O–H groups in total. The average molecular weight is 415 g/mol. The molecule has 0 radical (unpaired) electrons. The van der Waals surface area contributed by atoms with Gasteiger partial charge in [-0.15, -0.1) is 0 Å². The molecule has 0 fully saturated rings. The number of halogens is 1. The second kappa shape index (κ2) is 8.46. The van der Waals surface area contributed by atoms with Crippen molar-refractivity contribution in [3.63, 3.8) is 0 Å². The highest BCUT2D eigenvalue weighted by Crippen LogP contribution is 2.24. The van der Waals surface area contributed by atoms with Crippen molar-refractivity contribution in [2.24, 2.45) is 0 Å². The van der Waals surface area contributed by atoms with Gasteiger partial charge in [-0.3, -0.25) is 4.79 Å². The van der Waals surface area contributed by atoms with E-state index in [4.69, 9.17) is 11.6 Å². The van der Waals surface area contributed by atoms with Crippen LogP contribution in [0.15, 0.2) is 77.7 Å². The zero-order valence-corrected chi connectivity index (χ0v) is 16.7. The zero-order chi connectivity index (χ0) is 20.1. The lowest BCUT2D eigenvalue weighted by Crippen LogP contribution is -2.14. The molecule has 3 rings (SSSR count). The number of hydrogen-bond acceptors (Lipinski definition) is 4. The molecule has 0 saturated carbocycles. The Kier molecular flexibility index (Phi) is 6.02. The van der Waals surface area contributed by atoms with E-state index in [1.54, 1.807) is 19.1 Å². The Labute approximate surface area is 169 Å². The highest BCUT2D eigenvalue weighted by atomic mass is 35.5. The van der Waals surface area contributed by atoms with Gasteiger partial charge in [0.05, 0.1) is 21.2 Å². The monoisotopic (exact) mass is 414 g/mol. The topological polar surface area (TPSA) is 75.3 Å². The first kappa shape index (κ1) is 19.9. The molecular formula is C21H19ClN2O3S. The van der Waals surface area contributed by atoms with Gasteiger partial charge in [0.15, 0.2) is 9.84 Å². The van der Waals surface area contributed by atoms with E-state index in [0.717, 1.165) is 11.4 Å². The molecule has 28 heavy (non-hydrogen) atoms. The largest absolute Gasteiger partial charge is 0.356 e. The number of rotatable bonds is 6. The van der Waals surface area contributed by atoms with Crippen molar-refractivity contribution in [2.75, 3.05) is 16.4 Å². The Hall–Kier alpha value is -2.83. The molecule has 0 atom stereocenters. The Morgan fingerprint density at radius 1 is 0.893 bits per heavy atom. The van der Waals surface area contributed by atoms with Gasteiger partial charge in [-0.05, 0) is 54.6 Å². The molecule has 0 aliphatic carbocycles. The van der Waals surface area contributed by atoms with Crippen molar-refractivity contribution in [3.05, 3.63) is 83.4 Å². The molecule has 0 aliphatic heterocycles. The van der Waals surface area contributed by atoms with Crippen molar-refractivity contribution in [1.29, 1.82) is 0 Å². The van der Waals surface area contributed by atoms with Crippen LogP contribution in [0.2, 0.25) is 5.02 Å². The van der Waals surface area contributed by atoms with E-state index in [0.29, 0.717) is 5.69 Å². The number of anilines is 3. The van der Waals surface area contributed by atoms with Crippen LogP contribution in [0.25, 0.3) is 0 Å². The lowest BCUT2D eigenvalue weighted by atomic mass is 10.2. The number of carbonyl (C=O) groups is 1. The molecule has 7 heteroatoms. The maximum absolute atomic E-state index is 12.6. The van der Waals surface area contributed by atoms with Gasteiger partial charge in [0.25, 0.3) is 5.91 Å². The molecule has 1 amide bonds. The lowest BCUT2D eigenvalue weighted by Gasteiger charge is -2.10. The summed E-state index contributed by atoms with van der Waals surface area (Å²) in [6, 6.07) is 21.0. The Morgan fingerprint density at radius 2 is 1.50 bits per heavy atom. The van der Waals surface area contributed by atoms with Crippen LogP contribution in [0.3, 0.4) is 0 Å². The SMILES string of the molecule is CCS(=O)(=O)c1ccc(Cl)c(C(=O)Nc2ccc(Nc3ccccc3)cc2)c1. The van der Waals surface area contributed by atoms with E-state index in [2.05, 4.69) is 10.6 Å². The van der Waals surface area contributed by atoms with Gasteiger partial charge in [0.2, 0.25) is 0 Å². The number of carbonyl (C=O) groups excluding carboxylic acids is 1. The summed E-state index contributed by atoms with van der Waals surface area (Å²) in [5.74, 6) is -0.520. The molecule has 0 aromatic heterocycles. The summed E-state index contributed by atoms with van der Waals surface area (Å²) in [5, 5.41) is 6.19. The number of amides is 1. The first-order chi connectivity index (χ1) is 13.4. The van der Waals surface area contributed by atoms with Crippen LogP contribution in [-0.2, 0) is 9.84 Å². The quantitative estimate of drug-likeness (QED) is 0.586. The Bertz CT molecular complexity index is 1080. The third-order valence-corrected chi connectivity index (χ3v) is 6.19. The van der Waals surface area contributed by atoms with Gasteiger partial charge in [-0.25, -0.2) is 8.42 Å². The normalized spacial score (nSPS) is 11.1. The highest BCUT2D eigenvalue weighted by molar-refractivity contribution is 7.91. The summed E-state index contributed by atoms with van der Waals surface area (Å²) in [7, 11) is -3.43. The van der Waals surface area contributed by atoms with Crippen LogP contribution < -0.4 is 10.6 Å². The van der Waals surface area contributed by atoms with E-state index < -0.39 is 15.7 Å². The average Bonchev–Trinajstić information content (AvgIpc) is 2.70. The van der Waals surface area contributed by atoms with Gasteiger partial charge in [-0.2, -0.15) is 0 Å². The second-order valence-corrected chi connectivity index (χ2v) is 8.75. The van der Waals surface area contributed by atoms with Crippen LogP contribution in [-0.4, -0.2) is 20.1 Å². The van der Waals surface area contributed by atoms with Crippen LogP contribution in [0.4, 0.5) is 17.1 Å². The summed E-state index contributed by atoms with van der Waals surface area (Å²) in [6.07, 6.45) is 0. The van der Waals surface area contributed by atoms with Crippen molar-refractivity contribution in [3.8, 4) is 0 Å². The Balaban J connectivity index is 1.75. The minimum absolute atomic E-state index is 0.0500. The van der Waals surface area contributed by atoms with Gasteiger partial charge in [0.1, 0.15) is 0 Å². The van der Waals surface area contributed by atoms with E-state index in [1.165, 1.54) is 18.2 Å². The van der Waals surface area contributed by atoms with Crippen molar-refractivity contribution >= 4 is 44.4 Å². The molecule has 0 unspecified atom stereocenters. The third-order valence-electron chi connectivity index (χ3n) is 4.13. The first-order valence-corrected chi connectivity index (χ1v) is 10.7. The summed E-state index contributed by atoms with van der Waals surface area (Å²) in [6.45, 7) is 1.55. The van der Waals surface area contributed by atoms with Crippen LogP contribution in [0, 0.1) is 0 Å². The van der Waals surface area contributed by atoms with Gasteiger partial charge < -0.3 is 10.6 Å². The summed E-state index contributed by atoms with van der Waals surface area (Å²) < 4.78 is 24.1. The minimum Gasteiger partial charge on any atom is -0.356 e.